The first-order valence-corrected chi connectivity index (χ1v) is 8.69. The van der Waals surface area contributed by atoms with Crippen molar-refractivity contribution in [1.82, 2.24) is 10.2 Å². The number of rotatable bonds is 3. The first-order chi connectivity index (χ1) is 11.6. The zero-order valence-corrected chi connectivity index (χ0v) is 15.3. The van der Waals surface area contributed by atoms with Gasteiger partial charge in [-0.25, -0.2) is 4.39 Å². The molecule has 1 unspecified atom stereocenters. The first-order valence-electron chi connectivity index (χ1n) is 8.69. The van der Waals surface area contributed by atoms with Crippen LogP contribution in [0.15, 0.2) is 12.1 Å². The Balaban J connectivity index is 0.00000225. The fourth-order valence-electron chi connectivity index (χ4n) is 3.51. The highest BCUT2D eigenvalue weighted by Crippen LogP contribution is 2.26. The summed E-state index contributed by atoms with van der Waals surface area (Å²) in [6.07, 6.45) is 2.62. The van der Waals surface area contributed by atoms with E-state index in [9.17, 15) is 14.0 Å². The Morgan fingerprint density at radius 1 is 1.40 bits per heavy atom. The molecule has 1 fully saturated rings. The van der Waals surface area contributed by atoms with Gasteiger partial charge in [0.15, 0.2) is 0 Å². The van der Waals surface area contributed by atoms with E-state index in [0.29, 0.717) is 38.0 Å². The number of carbonyl (C=O) groups excluding carboxylic acids is 2. The van der Waals surface area contributed by atoms with Crippen LogP contribution in [0.1, 0.15) is 37.3 Å². The van der Waals surface area contributed by atoms with Crippen molar-refractivity contribution in [2.45, 2.75) is 39.2 Å². The number of hydrogen-bond donors (Lipinski definition) is 2. The second kappa shape index (κ2) is 8.63. The molecule has 0 radical (unpaired) electrons. The van der Waals surface area contributed by atoms with Gasteiger partial charge >= 0.3 is 0 Å². The summed E-state index contributed by atoms with van der Waals surface area (Å²) in [7, 11) is 0. The highest BCUT2D eigenvalue weighted by atomic mass is 35.5. The van der Waals surface area contributed by atoms with Crippen LogP contribution in [0.25, 0.3) is 0 Å². The maximum absolute atomic E-state index is 14.6. The first kappa shape index (κ1) is 19.7. The van der Waals surface area contributed by atoms with E-state index in [2.05, 4.69) is 10.6 Å². The molecule has 1 atom stereocenters. The number of anilines is 1. The standard InChI is InChI=1S/C18H24FN3O2.ClH/c1-2-16(23)22-9-3-4-13(11-22)18(24)21-15-6-5-12-10-20-8-7-14(12)17(15)19;/h5-6,13,20H,2-4,7-11H2,1H3,(H,21,24);1H. The molecular formula is C18H25ClFN3O2. The second-order valence-electron chi connectivity index (χ2n) is 6.51. The van der Waals surface area contributed by atoms with Gasteiger partial charge in [-0.15, -0.1) is 12.4 Å². The lowest BCUT2D eigenvalue weighted by atomic mass is 9.96. The molecule has 5 nitrogen and oxygen atoms in total. The lowest BCUT2D eigenvalue weighted by Crippen LogP contribution is -2.43. The maximum Gasteiger partial charge on any atom is 0.229 e. The molecule has 138 valence electrons. The van der Waals surface area contributed by atoms with Gasteiger partial charge in [-0.1, -0.05) is 13.0 Å². The molecule has 2 amide bonds. The van der Waals surface area contributed by atoms with Crippen LogP contribution >= 0.6 is 12.4 Å². The highest BCUT2D eigenvalue weighted by Gasteiger charge is 2.28. The van der Waals surface area contributed by atoms with Crippen molar-refractivity contribution in [2.24, 2.45) is 5.92 Å². The Morgan fingerprint density at radius 3 is 2.96 bits per heavy atom. The molecular weight excluding hydrogens is 345 g/mol. The van der Waals surface area contributed by atoms with E-state index < -0.39 is 0 Å². The van der Waals surface area contributed by atoms with E-state index in [-0.39, 0.29) is 41.6 Å². The van der Waals surface area contributed by atoms with Gasteiger partial charge in [0.2, 0.25) is 11.8 Å². The van der Waals surface area contributed by atoms with Gasteiger partial charge < -0.3 is 15.5 Å². The van der Waals surface area contributed by atoms with Gasteiger partial charge in [0.1, 0.15) is 5.82 Å². The Hall–Kier alpha value is -1.66. The Bertz CT molecular complexity index is 653. The number of amides is 2. The summed E-state index contributed by atoms with van der Waals surface area (Å²) in [5.41, 5.74) is 1.90. The smallest absolute Gasteiger partial charge is 0.229 e. The van der Waals surface area contributed by atoms with Gasteiger partial charge in [-0.3, -0.25) is 9.59 Å². The number of benzene rings is 1. The summed E-state index contributed by atoms with van der Waals surface area (Å²) < 4.78 is 14.6. The highest BCUT2D eigenvalue weighted by molar-refractivity contribution is 5.93. The van der Waals surface area contributed by atoms with Gasteiger partial charge in [0.05, 0.1) is 11.6 Å². The van der Waals surface area contributed by atoms with Crippen LogP contribution in [0.3, 0.4) is 0 Å². The van der Waals surface area contributed by atoms with Crippen molar-refractivity contribution in [3.63, 3.8) is 0 Å². The van der Waals surface area contributed by atoms with Gasteiger partial charge in [0, 0.05) is 26.1 Å². The number of nitrogens with one attached hydrogen (secondary N) is 2. The summed E-state index contributed by atoms with van der Waals surface area (Å²) in [6.45, 7) is 4.37. The quantitative estimate of drug-likeness (QED) is 0.860. The van der Waals surface area contributed by atoms with Crippen molar-refractivity contribution >= 4 is 29.9 Å². The molecule has 2 aliphatic rings. The van der Waals surface area contributed by atoms with E-state index in [4.69, 9.17) is 0 Å². The van der Waals surface area contributed by atoms with Crippen molar-refractivity contribution in [3.8, 4) is 0 Å². The minimum Gasteiger partial charge on any atom is -0.342 e. The van der Waals surface area contributed by atoms with Crippen LogP contribution in [0.2, 0.25) is 0 Å². The Kier molecular flexibility index (Phi) is 6.79. The fourth-order valence-corrected chi connectivity index (χ4v) is 3.51. The van der Waals surface area contributed by atoms with Crippen molar-refractivity contribution < 1.29 is 14.0 Å². The van der Waals surface area contributed by atoms with E-state index >= 15 is 0 Å². The van der Waals surface area contributed by atoms with Gasteiger partial charge in [0.25, 0.3) is 0 Å². The minimum atomic E-state index is -0.320. The van der Waals surface area contributed by atoms with Crippen LogP contribution in [0.5, 0.6) is 0 Å². The van der Waals surface area contributed by atoms with Crippen LogP contribution in [-0.2, 0) is 22.6 Å². The Labute approximate surface area is 153 Å². The molecule has 2 N–H and O–H groups in total. The molecule has 2 heterocycles. The molecule has 7 heteroatoms. The molecule has 3 rings (SSSR count). The molecule has 0 spiro atoms. The monoisotopic (exact) mass is 369 g/mol. The summed E-state index contributed by atoms with van der Waals surface area (Å²) in [5, 5.41) is 5.94. The number of fused-ring (bicyclic) bond motifs is 1. The van der Waals surface area contributed by atoms with Crippen molar-refractivity contribution in [2.75, 3.05) is 25.0 Å². The third-order valence-electron chi connectivity index (χ3n) is 4.91. The molecule has 25 heavy (non-hydrogen) atoms. The van der Waals surface area contributed by atoms with E-state index in [1.54, 1.807) is 11.0 Å². The molecule has 2 aliphatic heterocycles. The molecule has 0 saturated carbocycles. The van der Waals surface area contributed by atoms with Crippen LogP contribution in [0.4, 0.5) is 10.1 Å². The Morgan fingerprint density at radius 2 is 2.20 bits per heavy atom. The fraction of sp³-hybridized carbons (Fsp3) is 0.556. The zero-order valence-electron chi connectivity index (χ0n) is 14.4. The maximum atomic E-state index is 14.6. The lowest BCUT2D eigenvalue weighted by molar-refractivity contribution is -0.134. The number of likely N-dealkylation sites (tertiary alicyclic amines) is 1. The van der Waals surface area contributed by atoms with Gasteiger partial charge in [-0.2, -0.15) is 0 Å². The number of carbonyl (C=O) groups is 2. The number of nitrogens with zero attached hydrogens (tertiary/aromatic N) is 1. The van der Waals surface area contributed by atoms with E-state index in [1.807, 2.05) is 13.0 Å². The van der Waals surface area contributed by atoms with E-state index in [0.717, 1.165) is 24.9 Å². The second-order valence-corrected chi connectivity index (χ2v) is 6.51. The predicted molar refractivity (Wildman–Crippen MR) is 97.3 cm³/mol. The van der Waals surface area contributed by atoms with Crippen molar-refractivity contribution in [1.29, 1.82) is 0 Å². The molecule has 1 saturated heterocycles. The lowest BCUT2D eigenvalue weighted by Gasteiger charge is -2.32. The number of hydrogen-bond acceptors (Lipinski definition) is 3. The SMILES string of the molecule is CCC(=O)N1CCCC(C(=O)Nc2ccc3c(c2F)CCNC3)C1.Cl. The van der Waals surface area contributed by atoms with Crippen LogP contribution < -0.4 is 10.6 Å². The van der Waals surface area contributed by atoms with Crippen molar-refractivity contribution in [3.05, 3.63) is 29.1 Å². The topological polar surface area (TPSA) is 61.4 Å². The molecule has 0 aromatic heterocycles. The van der Waals surface area contributed by atoms with Crippen LogP contribution in [0, 0.1) is 11.7 Å². The number of piperidine rings is 1. The normalized spacial score (nSPS) is 19.6. The zero-order chi connectivity index (χ0) is 17.1. The summed E-state index contributed by atoms with van der Waals surface area (Å²) in [4.78, 5) is 26.1. The van der Waals surface area contributed by atoms with Crippen LogP contribution in [-0.4, -0.2) is 36.3 Å². The summed E-state index contributed by atoms with van der Waals surface area (Å²) >= 11 is 0. The average molecular weight is 370 g/mol. The predicted octanol–water partition coefficient (Wildman–Crippen LogP) is 2.48. The average Bonchev–Trinajstić information content (AvgIpc) is 2.63. The third-order valence-corrected chi connectivity index (χ3v) is 4.91. The van der Waals surface area contributed by atoms with Gasteiger partial charge in [-0.05, 0) is 43.0 Å². The minimum absolute atomic E-state index is 0. The molecule has 0 bridgehead atoms. The summed E-state index contributed by atoms with van der Waals surface area (Å²) in [5.74, 6) is -0.720. The largest absolute Gasteiger partial charge is 0.342 e. The van der Waals surface area contributed by atoms with E-state index in [1.165, 1.54) is 0 Å². The molecule has 1 aromatic rings. The number of halogens is 2. The molecule has 1 aromatic carbocycles. The summed E-state index contributed by atoms with van der Waals surface area (Å²) in [6, 6.07) is 3.50. The molecule has 0 aliphatic carbocycles. The third kappa shape index (κ3) is 4.30.